The molecule has 0 aliphatic carbocycles. The topological polar surface area (TPSA) is 38.3 Å². The summed E-state index contributed by atoms with van der Waals surface area (Å²) < 4.78 is 4.54. The molecule has 1 N–H and O–H groups in total. The molecule has 3 nitrogen and oxygen atoms in total. The average molecular weight is 207 g/mol. The van der Waals surface area contributed by atoms with E-state index >= 15 is 0 Å². The number of benzene rings is 1. The van der Waals surface area contributed by atoms with Crippen LogP contribution in [0.2, 0.25) is 0 Å². The molecule has 0 bridgehead atoms. The van der Waals surface area contributed by atoms with Crippen molar-refractivity contribution in [2.24, 2.45) is 0 Å². The van der Waals surface area contributed by atoms with Gasteiger partial charge in [0.1, 0.15) is 0 Å². The predicted octanol–water partition coefficient (Wildman–Crippen LogP) is 1.65. The van der Waals surface area contributed by atoms with Gasteiger partial charge in [0.15, 0.2) is 0 Å². The van der Waals surface area contributed by atoms with Gasteiger partial charge < -0.3 is 10.1 Å². The van der Waals surface area contributed by atoms with E-state index in [0.717, 1.165) is 6.54 Å². The number of hydrogen-bond acceptors (Lipinski definition) is 3. The third-order valence-corrected chi connectivity index (χ3v) is 2.15. The van der Waals surface area contributed by atoms with Crippen LogP contribution < -0.4 is 5.32 Å². The third-order valence-electron chi connectivity index (χ3n) is 2.15. The molecule has 0 aliphatic rings. The van der Waals surface area contributed by atoms with Crippen molar-refractivity contribution in [1.82, 2.24) is 5.32 Å². The van der Waals surface area contributed by atoms with E-state index in [4.69, 9.17) is 0 Å². The molecule has 0 aromatic heterocycles. The molecule has 3 heteroatoms. The van der Waals surface area contributed by atoms with Gasteiger partial charge in [-0.05, 0) is 12.5 Å². The molecule has 0 unspecified atom stereocenters. The van der Waals surface area contributed by atoms with E-state index in [9.17, 15) is 4.79 Å². The molecule has 1 rings (SSSR count). The van der Waals surface area contributed by atoms with Gasteiger partial charge in [0.05, 0.1) is 13.5 Å². The average Bonchev–Trinajstić information content (AvgIpc) is 2.24. The van der Waals surface area contributed by atoms with Crippen LogP contribution in [0.4, 0.5) is 0 Å². The van der Waals surface area contributed by atoms with Gasteiger partial charge in [-0.1, -0.05) is 29.8 Å². The zero-order valence-corrected chi connectivity index (χ0v) is 9.25. The molecule has 1 aromatic carbocycles. The molecule has 1 aromatic rings. The quantitative estimate of drug-likeness (QED) is 0.589. The van der Waals surface area contributed by atoms with Crippen LogP contribution in [0.1, 0.15) is 17.5 Å². The second-order valence-corrected chi connectivity index (χ2v) is 3.49. The Hall–Kier alpha value is -1.35. The number of carbonyl (C=O) groups is 1. The molecule has 0 aliphatic heterocycles. The van der Waals surface area contributed by atoms with Crippen molar-refractivity contribution in [3.8, 4) is 0 Å². The molecular formula is C12H17NO2. The fourth-order valence-corrected chi connectivity index (χ4v) is 1.35. The zero-order valence-electron chi connectivity index (χ0n) is 9.25. The fourth-order valence-electron chi connectivity index (χ4n) is 1.35. The smallest absolute Gasteiger partial charge is 0.306 e. The van der Waals surface area contributed by atoms with Gasteiger partial charge in [-0.2, -0.15) is 0 Å². The molecular weight excluding hydrogens is 190 g/mol. The minimum absolute atomic E-state index is 0.174. The Bertz CT molecular complexity index is 323. The Balaban J connectivity index is 2.23. The minimum Gasteiger partial charge on any atom is -0.469 e. The number of hydrogen-bond donors (Lipinski definition) is 1. The zero-order chi connectivity index (χ0) is 11.1. The van der Waals surface area contributed by atoms with Crippen molar-refractivity contribution >= 4 is 5.97 Å². The number of esters is 1. The van der Waals surface area contributed by atoms with Crippen molar-refractivity contribution < 1.29 is 9.53 Å². The van der Waals surface area contributed by atoms with Crippen LogP contribution in [-0.4, -0.2) is 19.6 Å². The maximum atomic E-state index is 10.8. The molecule has 0 atom stereocenters. The highest BCUT2D eigenvalue weighted by Gasteiger charge is 1.98. The summed E-state index contributed by atoms with van der Waals surface area (Å²) >= 11 is 0. The highest BCUT2D eigenvalue weighted by Crippen LogP contribution is 2.02. The van der Waals surface area contributed by atoms with Crippen molar-refractivity contribution in [2.75, 3.05) is 13.7 Å². The van der Waals surface area contributed by atoms with Gasteiger partial charge in [0.2, 0.25) is 0 Å². The van der Waals surface area contributed by atoms with Crippen molar-refractivity contribution in [3.63, 3.8) is 0 Å². The van der Waals surface area contributed by atoms with E-state index in [1.807, 2.05) is 6.07 Å². The molecule has 82 valence electrons. The van der Waals surface area contributed by atoms with Gasteiger partial charge in [-0.3, -0.25) is 4.79 Å². The summed E-state index contributed by atoms with van der Waals surface area (Å²) in [5, 5.41) is 3.19. The number of aryl methyl sites for hydroxylation is 1. The van der Waals surface area contributed by atoms with Gasteiger partial charge in [0.25, 0.3) is 0 Å². The first kappa shape index (κ1) is 11.7. The van der Waals surface area contributed by atoms with E-state index < -0.39 is 0 Å². The highest BCUT2D eigenvalue weighted by atomic mass is 16.5. The van der Waals surface area contributed by atoms with E-state index in [1.54, 1.807) is 0 Å². The number of ether oxygens (including phenoxy) is 1. The molecule has 0 fully saturated rings. The van der Waals surface area contributed by atoms with Gasteiger partial charge in [-0.15, -0.1) is 0 Å². The number of methoxy groups -OCH3 is 1. The Morgan fingerprint density at radius 3 is 2.93 bits per heavy atom. The summed E-state index contributed by atoms with van der Waals surface area (Å²) in [6.45, 7) is 3.51. The van der Waals surface area contributed by atoms with Crippen molar-refractivity contribution in [3.05, 3.63) is 35.4 Å². The van der Waals surface area contributed by atoms with E-state index in [-0.39, 0.29) is 5.97 Å². The molecule has 0 saturated heterocycles. The van der Waals surface area contributed by atoms with Gasteiger partial charge >= 0.3 is 5.97 Å². The largest absolute Gasteiger partial charge is 0.469 e. The Morgan fingerprint density at radius 1 is 1.47 bits per heavy atom. The lowest BCUT2D eigenvalue weighted by Gasteiger charge is -2.04. The normalized spacial score (nSPS) is 10.0. The fraction of sp³-hybridized carbons (Fsp3) is 0.417. The summed E-state index contributed by atoms with van der Waals surface area (Å²) in [7, 11) is 1.41. The lowest BCUT2D eigenvalue weighted by atomic mass is 10.1. The standard InChI is InChI=1S/C12H17NO2/c1-10-4-3-5-11(8-10)9-13-7-6-12(14)15-2/h3-5,8,13H,6-7,9H2,1-2H3. The summed E-state index contributed by atoms with van der Waals surface area (Å²) in [5.74, 6) is -0.174. The van der Waals surface area contributed by atoms with Crippen molar-refractivity contribution in [1.29, 1.82) is 0 Å². The number of carbonyl (C=O) groups excluding carboxylic acids is 1. The van der Waals surface area contributed by atoms with Crippen LogP contribution >= 0.6 is 0 Å². The summed E-state index contributed by atoms with van der Waals surface area (Å²) in [5.41, 5.74) is 2.49. The first-order valence-electron chi connectivity index (χ1n) is 5.05. The monoisotopic (exact) mass is 207 g/mol. The van der Waals surface area contributed by atoms with Gasteiger partial charge in [0, 0.05) is 13.1 Å². The third kappa shape index (κ3) is 4.61. The second kappa shape index (κ2) is 6.19. The molecule has 0 spiro atoms. The number of nitrogens with one attached hydrogen (secondary N) is 1. The Morgan fingerprint density at radius 2 is 2.27 bits per heavy atom. The predicted molar refractivity (Wildman–Crippen MR) is 59.5 cm³/mol. The molecule has 0 radical (unpaired) electrons. The van der Waals surface area contributed by atoms with E-state index in [0.29, 0.717) is 13.0 Å². The van der Waals surface area contributed by atoms with Crippen LogP contribution in [-0.2, 0) is 16.1 Å². The minimum atomic E-state index is -0.174. The maximum Gasteiger partial charge on any atom is 0.306 e. The summed E-state index contributed by atoms with van der Waals surface area (Å²) in [6, 6.07) is 8.30. The molecule has 0 saturated carbocycles. The molecule has 0 heterocycles. The SMILES string of the molecule is COC(=O)CCNCc1cccc(C)c1. The molecule has 15 heavy (non-hydrogen) atoms. The van der Waals surface area contributed by atoms with E-state index in [1.165, 1.54) is 18.2 Å². The Labute approximate surface area is 90.4 Å². The van der Waals surface area contributed by atoms with Crippen molar-refractivity contribution in [2.45, 2.75) is 19.9 Å². The second-order valence-electron chi connectivity index (χ2n) is 3.49. The first-order valence-corrected chi connectivity index (χ1v) is 5.05. The van der Waals surface area contributed by atoms with Crippen LogP contribution in [0.25, 0.3) is 0 Å². The lowest BCUT2D eigenvalue weighted by Crippen LogP contribution is -2.18. The van der Waals surface area contributed by atoms with E-state index in [2.05, 4.69) is 35.2 Å². The van der Waals surface area contributed by atoms with Gasteiger partial charge in [-0.25, -0.2) is 0 Å². The van der Waals surface area contributed by atoms with Crippen LogP contribution in [0.5, 0.6) is 0 Å². The highest BCUT2D eigenvalue weighted by molar-refractivity contribution is 5.69. The van der Waals surface area contributed by atoms with Crippen LogP contribution in [0, 0.1) is 6.92 Å². The summed E-state index contributed by atoms with van der Waals surface area (Å²) in [6.07, 6.45) is 0.419. The summed E-state index contributed by atoms with van der Waals surface area (Å²) in [4.78, 5) is 10.8. The number of rotatable bonds is 5. The molecule has 0 amide bonds. The first-order chi connectivity index (χ1) is 7.22. The lowest BCUT2D eigenvalue weighted by molar-refractivity contribution is -0.140. The van der Waals surface area contributed by atoms with Crippen LogP contribution in [0.3, 0.4) is 0 Å². The van der Waals surface area contributed by atoms with Crippen LogP contribution in [0.15, 0.2) is 24.3 Å². The maximum absolute atomic E-state index is 10.8. The Kier molecular flexibility index (Phi) is 4.84.